The summed E-state index contributed by atoms with van der Waals surface area (Å²) in [5, 5.41) is 3.11. The third kappa shape index (κ3) is 5.32. The van der Waals surface area contributed by atoms with Crippen LogP contribution in [0, 0.1) is 0 Å². The monoisotopic (exact) mass is 295 g/mol. The Morgan fingerprint density at radius 3 is 2.76 bits per heavy atom. The van der Waals surface area contributed by atoms with Crippen molar-refractivity contribution in [2.24, 2.45) is 0 Å². The van der Waals surface area contributed by atoms with Crippen LogP contribution in [0.3, 0.4) is 0 Å². The molecular formula is C15H25N3O3. The molecule has 0 aliphatic heterocycles. The van der Waals surface area contributed by atoms with Crippen LogP contribution in [0.4, 0.5) is 5.82 Å². The van der Waals surface area contributed by atoms with Crippen molar-refractivity contribution in [3.63, 3.8) is 0 Å². The molecule has 1 amide bonds. The van der Waals surface area contributed by atoms with E-state index in [1.165, 1.54) is 0 Å². The van der Waals surface area contributed by atoms with Gasteiger partial charge in [-0.15, -0.1) is 0 Å². The van der Waals surface area contributed by atoms with Crippen molar-refractivity contribution in [1.82, 2.24) is 9.88 Å². The number of amides is 1. The number of nitrogens with zero attached hydrogens (tertiary/aromatic N) is 2. The molecule has 0 radical (unpaired) electrons. The van der Waals surface area contributed by atoms with E-state index in [2.05, 4.69) is 10.3 Å². The molecule has 0 bridgehead atoms. The van der Waals surface area contributed by atoms with E-state index in [4.69, 9.17) is 9.47 Å². The lowest BCUT2D eigenvalue weighted by Gasteiger charge is -2.28. The second kappa shape index (κ2) is 9.31. The lowest BCUT2D eigenvalue weighted by molar-refractivity contribution is 0.0474. The molecule has 1 aromatic rings. The molecule has 0 aliphatic carbocycles. The van der Waals surface area contributed by atoms with Gasteiger partial charge >= 0.3 is 0 Å². The Morgan fingerprint density at radius 1 is 1.38 bits per heavy atom. The summed E-state index contributed by atoms with van der Waals surface area (Å²) < 4.78 is 10.2. The molecule has 6 heteroatoms. The quantitative estimate of drug-likeness (QED) is 0.750. The van der Waals surface area contributed by atoms with Gasteiger partial charge in [-0.2, -0.15) is 0 Å². The fourth-order valence-corrected chi connectivity index (χ4v) is 2.02. The summed E-state index contributed by atoms with van der Waals surface area (Å²) in [5.74, 6) is 0.589. The molecule has 6 nitrogen and oxygen atoms in total. The predicted octanol–water partition coefficient (Wildman–Crippen LogP) is 1.64. The molecular weight excluding hydrogens is 270 g/mol. The SMILES string of the molecule is CCNc1cccc(C(=O)N(CCOC)C(C)COC)n1. The highest BCUT2D eigenvalue weighted by atomic mass is 16.5. The first-order valence-electron chi connectivity index (χ1n) is 7.13. The van der Waals surface area contributed by atoms with Gasteiger partial charge in [0, 0.05) is 27.3 Å². The van der Waals surface area contributed by atoms with E-state index in [0.29, 0.717) is 31.3 Å². The number of pyridine rings is 1. The summed E-state index contributed by atoms with van der Waals surface area (Å²) in [5.41, 5.74) is 0.424. The van der Waals surface area contributed by atoms with Gasteiger partial charge < -0.3 is 19.7 Å². The second-order valence-corrected chi connectivity index (χ2v) is 4.73. The van der Waals surface area contributed by atoms with Gasteiger partial charge in [-0.1, -0.05) is 6.07 Å². The van der Waals surface area contributed by atoms with Crippen molar-refractivity contribution < 1.29 is 14.3 Å². The van der Waals surface area contributed by atoms with Gasteiger partial charge in [0.2, 0.25) is 0 Å². The average Bonchev–Trinajstić information content (AvgIpc) is 2.48. The number of nitrogens with one attached hydrogen (secondary N) is 1. The zero-order valence-electron chi connectivity index (χ0n) is 13.3. The summed E-state index contributed by atoms with van der Waals surface area (Å²) in [6.45, 7) is 6.16. The first kappa shape index (κ1) is 17.4. The zero-order chi connectivity index (χ0) is 15.7. The molecule has 1 N–H and O–H groups in total. The van der Waals surface area contributed by atoms with Crippen molar-refractivity contribution in [2.45, 2.75) is 19.9 Å². The molecule has 0 aliphatic rings. The van der Waals surface area contributed by atoms with Crippen LogP contribution in [0.5, 0.6) is 0 Å². The second-order valence-electron chi connectivity index (χ2n) is 4.73. The standard InChI is InChI=1S/C15H25N3O3/c1-5-16-14-8-6-7-13(17-14)15(19)18(9-10-20-3)12(2)11-21-4/h6-8,12H,5,9-11H2,1-4H3,(H,16,17). The number of hydrogen-bond acceptors (Lipinski definition) is 5. The predicted molar refractivity (Wildman–Crippen MR) is 82.7 cm³/mol. The van der Waals surface area contributed by atoms with E-state index in [0.717, 1.165) is 6.54 Å². The molecule has 1 unspecified atom stereocenters. The Bertz CT molecular complexity index is 440. The Morgan fingerprint density at radius 2 is 2.14 bits per heavy atom. The lowest BCUT2D eigenvalue weighted by atomic mass is 10.2. The van der Waals surface area contributed by atoms with E-state index in [1.54, 1.807) is 25.2 Å². The van der Waals surface area contributed by atoms with Crippen LogP contribution in [0.1, 0.15) is 24.3 Å². The molecule has 1 rings (SSSR count). The molecule has 21 heavy (non-hydrogen) atoms. The molecule has 118 valence electrons. The van der Waals surface area contributed by atoms with Gasteiger partial charge in [0.1, 0.15) is 11.5 Å². The number of aromatic nitrogens is 1. The fourth-order valence-electron chi connectivity index (χ4n) is 2.02. The summed E-state index contributed by atoms with van der Waals surface area (Å²) in [6.07, 6.45) is 0. The lowest BCUT2D eigenvalue weighted by Crippen LogP contribution is -2.43. The Hall–Kier alpha value is -1.66. The van der Waals surface area contributed by atoms with Crippen LogP contribution in [0.2, 0.25) is 0 Å². The maximum absolute atomic E-state index is 12.6. The highest BCUT2D eigenvalue weighted by molar-refractivity contribution is 5.92. The average molecular weight is 295 g/mol. The smallest absolute Gasteiger partial charge is 0.272 e. The highest BCUT2D eigenvalue weighted by Gasteiger charge is 2.22. The van der Waals surface area contributed by atoms with E-state index in [9.17, 15) is 4.79 Å². The van der Waals surface area contributed by atoms with Gasteiger partial charge in [0.15, 0.2) is 0 Å². The zero-order valence-corrected chi connectivity index (χ0v) is 13.3. The van der Waals surface area contributed by atoms with Crippen LogP contribution < -0.4 is 5.32 Å². The number of rotatable bonds is 9. The molecule has 0 aromatic carbocycles. The van der Waals surface area contributed by atoms with Crippen molar-refractivity contribution in [3.8, 4) is 0 Å². The minimum atomic E-state index is -0.114. The van der Waals surface area contributed by atoms with Crippen molar-refractivity contribution in [2.75, 3.05) is 45.8 Å². The fraction of sp³-hybridized carbons (Fsp3) is 0.600. The van der Waals surface area contributed by atoms with E-state index >= 15 is 0 Å². The maximum Gasteiger partial charge on any atom is 0.272 e. The van der Waals surface area contributed by atoms with Crippen molar-refractivity contribution in [1.29, 1.82) is 0 Å². The third-order valence-corrected chi connectivity index (χ3v) is 3.06. The van der Waals surface area contributed by atoms with Crippen LogP contribution >= 0.6 is 0 Å². The van der Waals surface area contributed by atoms with Gasteiger partial charge in [0.05, 0.1) is 19.3 Å². The van der Waals surface area contributed by atoms with E-state index < -0.39 is 0 Å². The normalized spacial score (nSPS) is 12.0. The molecule has 0 spiro atoms. The molecule has 1 aromatic heterocycles. The summed E-state index contributed by atoms with van der Waals surface area (Å²) >= 11 is 0. The molecule has 0 saturated carbocycles. The van der Waals surface area contributed by atoms with Crippen molar-refractivity contribution in [3.05, 3.63) is 23.9 Å². The van der Waals surface area contributed by atoms with E-state index in [-0.39, 0.29) is 11.9 Å². The Balaban J connectivity index is 2.89. The first-order chi connectivity index (χ1) is 10.1. The maximum atomic E-state index is 12.6. The number of carbonyl (C=O) groups is 1. The minimum Gasteiger partial charge on any atom is -0.383 e. The van der Waals surface area contributed by atoms with Crippen LogP contribution in [-0.2, 0) is 9.47 Å². The molecule has 1 heterocycles. The summed E-state index contributed by atoms with van der Waals surface area (Å²) in [6, 6.07) is 5.36. The Labute approximate surface area is 126 Å². The third-order valence-electron chi connectivity index (χ3n) is 3.06. The van der Waals surface area contributed by atoms with Gasteiger partial charge in [-0.3, -0.25) is 4.79 Å². The minimum absolute atomic E-state index is 0.0396. The van der Waals surface area contributed by atoms with Crippen LogP contribution in [-0.4, -0.2) is 62.4 Å². The van der Waals surface area contributed by atoms with Gasteiger partial charge in [-0.05, 0) is 26.0 Å². The first-order valence-corrected chi connectivity index (χ1v) is 7.13. The Kier molecular flexibility index (Phi) is 7.71. The van der Waals surface area contributed by atoms with E-state index in [1.807, 2.05) is 26.0 Å². The summed E-state index contributed by atoms with van der Waals surface area (Å²) in [7, 11) is 3.24. The summed E-state index contributed by atoms with van der Waals surface area (Å²) in [4.78, 5) is 18.7. The van der Waals surface area contributed by atoms with Gasteiger partial charge in [0.25, 0.3) is 5.91 Å². The van der Waals surface area contributed by atoms with Crippen molar-refractivity contribution >= 4 is 11.7 Å². The molecule has 0 saturated heterocycles. The number of hydrogen-bond donors (Lipinski definition) is 1. The van der Waals surface area contributed by atoms with Crippen LogP contribution in [0.15, 0.2) is 18.2 Å². The molecule has 0 fully saturated rings. The number of methoxy groups -OCH3 is 2. The topological polar surface area (TPSA) is 63.7 Å². The number of carbonyl (C=O) groups excluding carboxylic acids is 1. The molecule has 1 atom stereocenters. The number of anilines is 1. The van der Waals surface area contributed by atoms with Crippen LogP contribution in [0.25, 0.3) is 0 Å². The highest BCUT2D eigenvalue weighted by Crippen LogP contribution is 2.10. The van der Waals surface area contributed by atoms with Gasteiger partial charge in [-0.25, -0.2) is 4.98 Å². The number of ether oxygens (including phenoxy) is 2. The largest absolute Gasteiger partial charge is 0.383 e.